The Labute approximate surface area is 87.3 Å². The van der Waals surface area contributed by atoms with Crippen LogP contribution in [-0.2, 0) is 0 Å². The Morgan fingerprint density at radius 3 is 2.71 bits per heavy atom. The highest BCUT2D eigenvalue weighted by atomic mass is 14.6. The number of hydrogen-bond donors (Lipinski definition) is 1. The molecule has 0 bridgehead atoms. The van der Waals surface area contributed by atoms with Gasteiger partial charge in [-0.05, 0) is 18.9 Å². The highest BCUT2D eigenvalue weighted by molar-refractivity contribution is 5.24. The number of unbranched alkanes of at least 4 members (excludes halogenated alkanes) is 2. The smallest absolute Gasteiger partial charge is 0.0294 e. The van der Waals surface area contributed by atoms with Crippen LogP contribution >= 0.6 is 0 Å². The van der Waals surface area contributed by atoms with E-state index in [1.54, 1.807) is 0 Å². The highest BCUT2D eigenvalue weighted by Crippen LogP contribution is 2.17. The Hall–Kier alpha value is -0.820. The van der Waals surface area contributed by atoms with Gasteiger partial charge < -0.3 is 5.73 Å². The molecule has 0 spiro atoms. The average Bonchev–Trinajstić information content (AvgIpc) is 2.18. The van der Waals surface area contributed by atoms with Crippen molar-refractivity contribution in [2.75, 3.05) is 0 Å². The van der Waals surface area contributed by atoms with Gasteiger partial charge in [-0.15, -0.1) is 0 Å². The maximum Gasteiger partial charge on any atom is 0.0294 e. The lowest BCUT2D eigenvalue weighted by Crippen LogP contribution is -2.10. The van der Waals surface area contributed by atoms with E-state index in [9.17, 15) is 0 Å². The minimum absolute atomic E-state index is 0.224. The SMILES string of the molecule is CCCCCC(N)c1cccc(C)c1. The molecule has 1 aromatic carbocycles. The summed E-state index contributed by atoms with van der Waals surface area (Å²) in [5.41, 5.74) is 8.68. The van der Waals surface area contributed by atoms with Gasteiger partial charge in [-0.3, -0.25) is 0 Å². The molecule has 14 heavy (non-hydrogen) atoms. The van der Waals surface area contributed by atoms with Gasteiger partial charge in [0.05, 0.1) is 0 Å². The van der Waals surface area contributed by atoms with E-state index in [0.29, 0.717) is 0 Å². The fourth-order valence-electron chi connectivity index (χ4n) is 1.68. The molecule has 0 aliphatic rings. The maximum atomic E-state index is 6.10. The predicted octanol–water partition coefficient (Wildman–Crippen LogP) is 3.58. The summed E-state index contributed by atoms with van der Waals surface area (Å²) in [6.07, 6.45) is 4.91. The highest BCUT2D eigenvalue weighted by Gasteiger charge is 2.04. The first-order chi connectivity index (χ1) is 6.74. The zero-order valence-corrected chi connectivity index (χ0v) is 9.29. The average molecular weight is 191 g/mol. The molecule has 1 rings (SSSR count). The van der Waals surface area contributed by atoms with E-state index in [1.807, 2.05) is 0 Å². The molecule has 1 unspecified atom stereocenters. The molecule has 0 fully saturated rings. The molecule has 0 saturated carbocycles. The third kappa shape index (κ3) is 3.51. The van der Waals surface area contributed by atoms with Crippen LogP contribution in [-0.4, -0.2) is 0 Å². The topological polar surface area (TPSA) is 26.0 Å². The second-order valence-corrected chi connectivity index (χ2v) is 4.02. The van der Waals surface area contributed by atoms with E-state index in [1.165, 1.54) is 30.4 Å². The van der Waals surface area contributed by atoms with Crippen molar-refractivity contribution in [3.05, 3.63) is 35.4 Å². The summed E-state index contributed by atoms with van der Waals surface area (Å²) in [4.78, 5) is 0. The molecular formula is C13H21N. The minimum Gasteiger partial charge on any atom is -0.324 e. The van der Waals surface area contributed by atoms with Crippen molar-refractivity contribution >= 4 is 0 Å². The van der Waals surface area contributed by atoms with E-state index in [-0.39, 0.29) is 6.04 Å². The van der Waals surface area contributed by atoms with Crippen molar-refractivity contribution < 1.29 is 0 Å². The number of benzene rings is 1. The lowest BCUT2D eigenvalue weighted by atomic mass is 10.00. The van der Waals surface area contributed by atoms with Gasteiger partial charge in [-0.2, -0.15) is 0 Å². The standard InChI is InChI=1S/C13H21N/c1-3-4-5-9-13(14)12-8-6-7-11(2)10-12/h6-8,10,13H,3-5,9,14H2,1-2H3. The van der Waals surface area contributed by atoms with Gasteiger partial charge in [-0.25, -0.2) is 0 Å². The largest absolute Gasteiger partial charge is 0.324 e. The van der Waals surface area contributed by atoms with Gasteiger partial charge in [-0.1, -0.05) is 56.0 Å². The summed E-state index contributed by atoms with van der Waals surface area (Å²) < 4.78 is 0. The van der Waals surface area contributed by atoms with Crippen molar-refractivity contribution in [2.45, 2.75) is 45.6 Å². The van der Waals surface area contributed by atoms with Gasteiger partial charge in [0.2, 0.25) is 0 Å². The summed E-state index contributed by atoms with van der Waals surface area (Å²) in [7, 11) is 0. The van der Waals surface area contributed by atoms with Crippen molar-refractivity contribution in [2.24, 2.45) is 5.73 Å². The van der Waals surface area contributed by atoms with E-state index in [4.69, 9.17) is 5.73 Å². The lowest BCUT2D eigenvalue weighted by Gasteiger charge is -2.12. The molecule has 1 nitrogen and oxygen atoms in total. The van der Waals surface area contributed by atoms with Crippen LogP contribution in [0.25, 0.3) is 0 Å². The van der Waals surface area contributed by atoms with Gasteiger partial charge in [0.25, 0.3) is 0 Å². The Morgan fingerprint density at radius 1 is 1.29 bits per heavy atom. The first-order valence-electron chi connectivity index (χ1n) is 5.56. The molecule has 78 valence electrons. The molecule has 0 aromatic heterocycles. The Kier molecular flexibility index (Phi) is 4.68. The van der Waals surface area contributed by atoms with Gasteiger partial charge in [0.15, 0.2) is 0 Å². The summed E-state index contributed by atoms with van der Waals surface area (Å²) >= 11 is 0. The molecule has 1 aromatic rings. The van der Waals surface area contributed by atoms with Crippen molar-refractivity contribution in [3.8, 4) is 0 Å². The molecule has 2 N–H and O–H groups in total. The van der Waals surface area contributed by atoms with Crippen molar-refractivity contribution in [1.82, 2.24) is 0 Å². The molecule has 1 atom stereocenters. The second-order valence-electron chi connectivity index (χ2n) is 4.02. The Morgan fingerprint density at radius 2 is 2.07 bits per heavy atom. The summed E-state index contributed by atoms with van der Waals surface area (Å²) in [6.45, 7) is 4.33. The maximum absolute atomic E-state index is 6.10. The molecule has 0 aliphatic heterocycles. The number of rotatable bonds is 5. The van der Waals surface area contributed by atoms with Crippen LogP contribution in [0.15, 0.2) is 24.3 Å². The molecule has 0 aliphatic carbocycles. The Bertz CT molecular complexity index is 268. The summed E-state index contributed by atoms with van der Waals surface area (Å²) in [5.74, 6) is 0. The van der Waals surface area contributed by atoms with Crippen LogP contribution in [0.2, 0.25) is 0 Å². The first-order valence-corrected chi connectivity index (χ1v) is 5.56. The first kappa shape index (κ1) is 11.3. The number of aryl methyl sites for hydroxylation is 1. The second kappa shape index (κ2) is 5.82. The zero-order chi connectivity index (χ0) is 10.4. The van der Waals surface area contributed by atoms with Crippen molar-refractivity contribution in [3.63, 3.8) is 0 Å². The van der Waals surface area contributed by atoms with E-state index in [2.05, 4.69) is 38.1 Å². The normalized spacial score (nSPS) is 12.8. The summed E-state index contributed by atoms with van der Waals surface area (Å²) in [6, 6.07) is 8.74. The molecular weight excluding hydrogens is 170 g/mol. The molecule has 0 amide bonds. The molecule has 0 heterocycles. The number of hydrogen-bond acceptors (Lipinski definition) is 1. The third-order valence-corrected chi connectivity index (χ3v) is 2.59. The van der Waals surface area contributed by atoms with Crippen LogP contribution in [0.1, 0.15) is 49.8 Å². The lowest BCUT2D eigenvalue weighted by molar-refractivity contribution is 0.581. The molecule has 0 radical (unpaired) electrons. The van der Waals surface area contributed by atoms with Crippen LogP contribution in [0.5, 0.6) is 0 Å². The summed E-state index contributed by atoms with van der Waals surface area (Å²) in [5, 5.41) is 0. The van der Waals surface area contributed by atoms with Crippen LogP contribution in [0.3, 0.4) is 0 Å². The van der Waals surface area contributed by atoms with Crippen LogP contribution in [0.4, 0.5) is 0 Å². The molecule has 0 saturated heterocycles. The van der Waals surface area contributed by atoms with E-state index in [0.717, 1.165) is 6.42 Å². The number of nitrogens with two attached hydrogens (primary N) is 1. The van der Waals surface area contributed by atoms with E-state index >= 15 is 0 Å². The van der Waals surface area contributed by atoms with Gasteiger partial charge in [0.1, 0.15) is 0 Å². The quantitative estimate of drug-likeness (QED) is 0.707. The Balaban J connectivity index is 2.47. The minimum atomic E-state index is 0.224. The van der Waals surface area contributed by atoms with Crippen molar-refractivity contribution in [1.29, 1.82) is 0 Å². The predicted molar refractivity (Wildman–Crippen MR) is 62.2 cm³/mol. The third-order valence-electron chi connectivity index (χ3n) is 2.59. The fourth-order valence-corrected chi connectivity index (χ4v) is 1.68. The fraction of sp³-hybridized carbons (Fsp3) is 0.538. The van der Waals surface area contributed by atoms with E-state index < -0.39 is 0 Å². The zero-order valence-electron chi connectivity index (χ0n) is 9.29. The monoisotopic (exact) mass is 191 g/mol. The molecule has 1 heteroatoms. The van der Waals surface area contributed by atoms with Gasteiger partial charge >= 0.3 is 0 Å². The van der Waals surface area contributed by atoms with Gasteiger partial charge in [0, 0.05) is 6.04 Å². The van der Waals surface area contributed by atoms with Crippen LogP contribution in [0, 0.1) is 6.92 Å². The van der Waals surface area contributed by atoms with Crippen LogP contribution < -0.4 is 5.73 Å².